The van der Waals surface area contributed by atoms with Crippen LogP contribution in [0.3, 0.4) is 0 Å². The number of carbonyl (C=O) groups excluding carboxylic acids is 1. The van der Waals surface area contributed by atoms with Gasteiger partial charge in [0.05, 0.1) is 5.56 Å². The average Bonchev–Trinajstić information content (AvgIpc) is 3.04. The van der Waals surface area contributed by atoms with Crippen molar-refractivity contribution >= 4 is 5.91 Å². The molecular formula is C17H16N4O2. The smallest absolute Gasteiger partial charge is 0.259 e. The van der Waals surface area contributed by atoms with Gasteiger partial charge < -0.3 is 9.84 Å². The van der Waals surface area contributed by atoms with Crippen molar-refractivity contribution < 1.29 is 9.32 Å². The van der Waals surface area contributed by atoms with Crippen LogP contribution in [-0.4, -0.2) is 27.6 Å². The summed E-state index contributed by atoms with van der Waals surface area (Å²) in [6.45, 7) is 2.40. The second-order valence-corrected chi connectivity index (χ2v) is 5.13. The van der Waals surface area contributed by atoms with E-state index in [1.165, 1.54) is 0 Å². The van der Waals surface area contributed by atoms with Gasteiger partial charge in [-0.1, -0.05) is 22.9 Å². The summed E-state index contributed by atoms with van der Waals surface area (Å²) in [7, 11) is 0. The fraction of sp³-hybridized carbons (Fsp3) is 0.176. The first-order valence-electron chi connectivity index (χ1n) is 7.30. The van der Waals surface area contributed by atoms with E-state index in [0.717, 1.165) is 11.1 Å². The molecule has 0 aliphatic carbocycles. The Morgan fingerprint density at radius 1 is 1.26 bits per heavy atom. The van der Waals surface area contributed by atoms with E-state index in [-0.39, 0.29) is 5.91 Å². The minimum absolute atomic E-state index is 0.107. The Bertz CT molecular complexity index is 799. The van der Waals surface area contributed by atoms with Crippen LogP contribution < -0.4 is 5.32 Å². The monoisotopic (exact) mass is 308 g/mol. The van der Waals surface area contributed by atoms with Gasteiger partial charge in [0.15, 0.2) is 5.82 Å². The van der Waals surface area contributed by atoms with Gasteiger partial charge in [0.1, 0.15) is 0 Å². The summed E-state index contributed by atoms with van der Waals surface area (Å²) >= 11 is 0. The molecule has 0 fully saturated rings. The van der Waals surface area contributed by atoms with E-state index in [1.807, 2.05) is 31.2 Å². The zero-order valence-electron chi connectivity index (χ0n) is 12.7. The van der Waals surface area contributed by atoms with Crippen molar-refractivity contribution in [3.63, 3.8) is 0 Å². The summed E-state index contributed by atoms with van der Waals surface area (Å²) in [5.74, 6) is 0.871. The molecule has 2 heterocycles. The average molecular weight is 308 g/mol. The largest absolute Gasteiger partial charge is 0.352 e. The number of nitrogens with zero attached hydrogens (tertiary/aromatic N) is 3. The van der Waals surface area contributed by atoms with Crippen LogP contribution >= 0.6 is 0 Å². The highest BCUT2D eigenvalue weighted by Gasteiger charge is 2.10. The van der Waals surface area contributed by atoms with Crippen LogP contribution in [0.4, 0.5) is 0 Å². The van der Waals surface area contributed by atoms with Crippen LogP contribution in [0.25, 0.3) is 11.5 Å². The van der Waals surface area contributed by atoms with Gasteiger partial charge in [-0.15, -0.1) is 0 Å². The molecule has 0 atom stereocenters. The van der Waals surface area contributed by atoms with E-state index in [1.54, 1.807) is 24.5 Å². The van der Waals surface area contributed by atoms with Gasteiger partial charge in [-0.2, -0.15) is 4.98 Å². The molecule has 6 heteroatoms. The quantitative estimate of drug-likeness (QED) is 0.783. The zero-order valence-corrected chi connectivity index (χ0v) is 12.7. The summed E-state index contributed by atoms with van der Waals surface area (Å²) in [6, 6.07) is 11.1. The lowest BCUT2D eigenvalue weighted by Crippen LogP contribution is -2.25. The molecule has 0 radical (unpaired) electrons. The van der Waals surface area contributed by atoms with E-state index in [0.29, 0.717) is 30.2 Å². The van der Waals surface area contributed by atoms with E-state index in [4.69, 9.17) is 4.52 Å². The molecule has 0 aliphatic heterocycles. The molecule has 0 spiro atoms. The maximum atomic E-state index is 12.0. The summed E-state index contributed by atoms with van der Waals surface area (Å²) in [6.07, 6.45) is 3.85. The molecule has 0 aliphatic rings. The summed E-state index contributed by atoms with van der Waals surface area (Å²) in [4.78, 5) is 20.3. The van der Waals surface area contributed by atoms with Crippen LogP contribution in [0.5, 0.6) is 0 Å². The van der Waals surface area contributed by atoms with Gasteiger partial charge in [-0.25, -0.2) is 0 Å². The Morgan fingerprint density at radius 2 is 2.17 bits per heavy atom. The highest BCUT2D eigenvalue weighted by Crippen LogP contribution is 2.14. The predicted molar refractivity (Wildman–Crippen MR) is 84.7 cm³/mol. The van der Waals surface area contributed by atoms with Gasteiger partial charge >= 0.3 is 0 Å². The third-order valence-electron chi connectivity index (χ3n) is 3.29. The second-order valence-electron chi connectivity index (χ2n) is 5.13. The SMILES string of the molecule is Cc1cccc(C(=O)NCCc2noc(-c3cccnc3)n2)c1. The normalized spacial score (nSPS) is 10.5. The molecule has 1 amide bonds. The molecule has 3 aromatic rings. The number of aromatic nitrogens is 3. The number of aryl methyl sites for hydroxylation is 1. The summed E-state index contributed by atoms with van der Waals surface area (Å²) in [5, 5.41) is 6.76. The Hall–Kier alpha value is -3.02. The van der Waals surface area contributed by atoms with E-state index >= 15 is 0 Å². The van der Waals surface area contributed by atoms with Crippen LogP contribution in [0.2, 0.25) is 0 Å². The molecular weight excluding hydrogens is 292 g/mol. The number of nitrogens with one attached hydrogen (secondary N) is 1. The molecule has 2 aromatic heterocycles. The number of hydrogen-bond donors (Lipinski definition) is 1. The molecule has 1 aromatic carbocycles. The molecule has 0 unspecified atom stereocenters. The highest BCUT2D eigenvalue weighted by molar-refractivity contribution is 5.94. The molecule has 1 N–H and O–H groups in total. The van der Waals surface area contributed by atoms with Gasteiger partial charge in [0, 0.05) is 30.9 Å². The highest BCUT2D eigenvalue weighted by atomic mass is 16.5. The first-order chi connectivity index (χ1) is 11.2. The Kier molecular flexibility index (Phi) is 4.42. The number of pyridine rings is 1. The number of hydrogen-bond acceptors (Lipinski definition) is 5. The van der Waals surface area contributed by atoms with E-state index in [2.05, 4.69) is 20.4 Å². The Morgan fingerprint density at radius 3 is 2.96 bits per heavy atom. The van der Waals surface area contributed by atoms with Crippen molar-refractivity contribution in [3.8, 4) is 11.5 Å². The predicted octanol–water partition coefficient (Wildman–Crippen LogP) is 2.41. The van der Waals surface area contributed by atoms with Crippen LogP contribution in [0.15, 0.2) is 53.3 Å². The molecule has 3 rings (SSSR count). The van der Waals surface area contributed by atoms with Gasteiger partial charge in [0.25, 0.3) is 11.8 Å². The molecule has 6 nitrogen and oxygen atoms in total. The van der Waals surface area contributed by atoms with Crippen molar-refractivity contribution in [3.05, 3.63) is 65.7 Å². The Balaban J connectivity index is 1.55. The topological polar surface area (TPSA) is 80.9 Å². The molecule has 0 saturated heterocycles. The maximum Gasteiger partial charge on any atom is 0.259 e. The lowest BCUT2D eigenvalue weighted by molar-refractivity contribution is 0.0954. The molecule has 116 valence electrons. The van der Waals surface area contributed by atoms with E-state index < -0.39 is 0 Å². The van der Waals surface area contributed by atoms with Gasteiger partial charge in [-0.05, 0) is 31.2 Å². The fourth-order valence-corrected chi connectivity index (χ4v) is 2.14. The first-order valence-corrected chi connectivity index (χ1v) is 7.30. The van der Waals surface area contributed by atoms with Crippen molar-refractivity contribution in [2.75, 3.05) is 6.54 Å². The second kappa shape index (κ2) is 6.83. The van der Waals surface area contributed by atoms with E-state index in [9.17, 15) is 4.79 Å². The molecule has 0 saturated carbocycles. The van der Waals surface area contributed by atoms with Crippen molar-refractivity contribution in [1.82, 2.24) is 20.4 Å². The number of amides is 1. The zero-order chi connectivity index (χ0) is 16.1. The molecule has 23 heavy (non-hydrogen) atoms. The summed E-state index contributed by atoms with van der Waals surface area (Å²) in [5.41, 5.74) is 2.47. The van der Waals surface area contributed by atoms with Crippen LogP contribution in [0.1, 0.15) is 21.7 Å². The minimum atomic E-state index is -0.107. The number of benzene rings is 1. The standard InChI is InChI=1S/C17H16N4O2/c1-12-4-2-5-13(10-12)16(22)19-9-7-15-20-17(23-21-15)14-6-3-8-18-11-14/h2-6,8,10-11H,7,9H2,1H3,(H,19,22). The molecule has 0 bridgehead atoms. The van der Waals surface area contributed by atoms with Crippen LogP contribution in [-0.2, 0) is 6.42 Å². The van der Waals surface area contributed by atoms with Gasteiger partial charge in [0.2, 0.25) is 0 Å². The van der Waals surface area contributed by atoms with Crippen LogP contribution in [0, 0.1) is 6.92 Å². The van der Waals surface area contributed by atoms with Crippen molar-refractivity contribution in [2.45, 2.75) is 13.3 Å². The maximum absolute atomic E-state index is 12.0. The van der Waals surface area contributed by atoms with Crippen molar-refractivity contribution in [2.24, 2.45) is 0 Å². The summed E-state index contributed by atoms with van der Waals surface area (Å²) < 4.78 is 5.19. The number of rotatable bonds is 5. The third kappa shape index (κ3) is 3.79. The Labute approximate surface area is 133 Å². The fourth-order valence-electron chi connectivity index (χ4n) is 2.14. The lowest BCUT2D eigenvalue weighted by Gasteiger charge is -2.04. The minimum Gasteiger partial charge on any atom is -0.352 e. The van der Waals surface area contributed by atoms with Gasteiger partial charge in [-0.3, -0.25) is 9.78 Å². The lowest BCUT2D eigenvalue weighted by atomic mass is 10.1. The number of carbonyl (C=O) groups is 1. The van der Waals surface area contributed by atoms with Crippen molar-refractivity contribution in [1.29, 1.82) is 0 Å². The first kappa shape index (κ1) is 14.9. The third-order valence-corrected chi connectivity index (χ3v) is 3.29.